The first-order valence-electron chi connectivity index (χ1n) is 5.31. The molecule has 1 unspecified atom stereocenters. The van der Waals surface area contributed by atoms with E-state index in [9.17, 15) is 8.42 Å². The summed E-state index contributed by atoms with van der Waals surface area (Å²) in [7, 11) is -3.09. The van der Waals surface area contributed by atoms with E-state index in [2.05, 4.69) is 15.0 Å². The van der Waals surface area contributed by atoms with Gasteiger partial charge in [-0.15, -0.1) is 5.10 Å². The fourth-order valence-corrected chi connectivity index (χ4v) is 5.23. The Balaban J connectivity index is 2.15. The maximum absolute atomic E-state index is 11.8. The highest BCUT2D eigenvalue weighted by Gasteiger charge is 2.31. The molecule has 1 aromatic heterocycles. The molecule has 1 aromatic rings. The minimum absolute atomic E-state index is 0.453. The normalized spacial score (nSPS) is 22.0. The third-order valence-corrected chi connectivity index (χ3v) is 6.11. The molecule has 1 atom stereocenters. The van der Waals surface area contributed by atoms with E-state index in [0.29, 0.717) is 23.0 Å². The van der Waals surface area contributed by atoms with Gasteiger partial charge in [-0.05, 0) is 0 Å². The van der Waals surface area contributed by atoms with Crippen molar-refractivity contribution >= 4 is 38.1 Å². The lowest BCUT2D eigenvalue weighted by Gasteiger charge is -2.33. The van der Waals surface area contributed by atoms with Crippen LogP contribution in [-0.4, -0.2) is 52.6 Å². The lowest BCUT2D eigenvalue weighted by Crippen LogP contribution is -2.46. The van der Waals surface area contributed by atoms with Gasteiger partial charge in [0.2, 0.25) is 0 Å². The van der Waals surface area contributed by atoms with Gasteiger partial charge in [0.15, 0.2) is 9.84 Å². The molecule has 0 radical (unpaired) electrons. The van der Waals surface area contributed by atoms with Crippen molar-refractivity contribution in [3.63, 3.8) is 0 Å². The van der Waals surface area contributed by atoms with Crippen LogP contribution in [0.15, 0.2) is 0 Å². The molecule has 0 aromatic carbocycles. The minimum atomic E-state index is -3.09. The van der Waals surface area contributed by atoms with E-state index < -0.39 is 15.2 Å². The third-order valence-electron chi connectivity index (χ3n) is 2.72. The fraction of sp³-hybridized carbons (Fsp3) is 0.750. The highest BCUT2D eigenvalue weighted by atomic mass is 32.2. The molecule has 7 nitrogen and oxygen atoms in total. The van der Waals surface area contributed by atoms with Gasteiger partial charge in [0.1, 0.15) is 16.1 Å². The summed E-state index contributed by atoms with van der Waals surface area (Å²) in [6, 6.07) is 0. The molecule has 2 rings (SSSR count). The van der Waals surface area contributed by atoms with Crippen molar-refractivity contribution in [1.29, 1.82) is 0 Å². The van der Waals surface area contributed by atoms with Crippen LogP contribution < -0.4 is 11.3 Å². The van der Waals surface area contributed by atoms with Crippen molar-refractivity contribution < 1.29 is 8.42 Å². The quantitative estimate of drug-likeness (QED) is 0.580. The molecule has 0 aliphatic carbocycles. The predicted octanol–water partition coefficient (Wildman–Crippen LogP) is -0.257. The molecule has 0 spiro atoms. The van der Waals surface area contributed by atoms with E-state index in [1.54, 1.807) is 11.8 Å². The number of nitrogens with two attached hydrogens (primary N) is 1. The molecule has 18 heavy (non-hydrogen) atoms. The van der Waals surface area contributed by atoms with Crippen molar-refractivity contribution in [2.45, 2.75) is 11.9 Å². The van der Waals surface area contributed by atoms with Gasteiger partial charge in [-0.2, -0.15) is 11.8 Å². The zero-order valence-electron chi connectivity index (χ0n) is 9.87. The van der Waals surface area contributed by atoms with Crippen LogP contribution in [0.2, 0.25) is 0 Å². The summed E-state index contributed by atoms with van der Waals surface area (Å²) >= 11 is 2.83. The molecule has 1 aliphatic heterocycles. The van der Waals surface area contributed by atoms with Gasteiger partial charge in [0.25, 0.3) is 0 Å². The van der Waals surface area contributed by atoms with Gasteiger partial charge in [-0.3, -0.25) is 4.90 Å². The molecule has 102 valence electrons. The molecular formula is C8H15N5O2S3. The lowest BCUT2D eigenvalue weighted by atomic mass is 10.4. The summed E-state index contributed by atoms with van der Waals surface area (Å²) in [6.45, 7) is 1.18. The van der Waals surface area contributed by atoms with Crippen molar-refractivity contribution in [1.82, 2.24) is 14.5 Å². The number of sulfone groups is 1. The molecule has 0 bridgehead atoms. The molecule has 0 saturated carbocycles. The van der Waals surface area contributed by atoms with Gasteiger partial charge in [0, 0.05) is 42.4 Å². The topological polar surface area (TPSA) is 101 Å². The van der Waals surface area contributed by atoms with Gasteiger partial charge >= 0.3 is 0 Å². The number of hydrazine groups is 1. The van der Waals surface area contributed by atoms with E-state index in [4.69, 9.17) is 5.84 Å². The van der Waals surface area contributed by atoms with Crippen LogP contribution in [0.3, 0.4) is 0 Å². The van der Waals surface area contributed by atoms with E-state index in [0.717, 1.165) is 12.3 Å². The summed E-state index contributed by atoms with van der Waals surface area (Å²) in [5.74, 6) is 6.88. The predicted molar refractivity (Wildman–Crippen MR) is 74.1 cm³/mol. The zero-order valence-corrected chi connectivity index (χ0v) is 12.3. The number of hydrogen-bond acceptors (Lipinski definition) is 9. The van der Waals surface area contributed by atoms with E-state index >= 15 is 0 Å². The Morgan fingerprint density at radius 2 is 2.39 bits per heavy atom. The van der Waals surface area contributed by atoms with Crippen LogP contribution in [0.4, 0.5) is 5.00 Å². The molecule has 10 heteroatoms. The number of hydrogen-bond donors (Lipinski definition) is 2. The number of aromatic nitrogens is 2. The highest BCUT2D eigenvalue weighted by molar-refractivity contribution is 8.00. The van der Waals surface area contributed by atoms with Crippen LogP contribution in [-0.2, 0) is 16.4 Å². The monoisotopic (exact) mass is 309 g/mol. The van der Waals surface area contributed by atoms with Gasteiger partial charge < -0.3 is 5.43 Å². The Morgan fingerprint density at radius 1 is 1.61 bits per heavy atom. The number of nitrogens with zero attached hydrogens (tertiary/aromatic N) is 3. The van der Waals surface area contributed by atoms with Crippen LogP contribution in [0.5, 0.6) is 0 Å². The van der Waals surface area contributed by atoms with Gasteiger partial charge in [0.05, 0.1) is 0 Å². The van der Waals surface area contributed by atoms with Crippen LogP contribution in [0.25, 0.3) is 0 Å². The molecule has 3 N–H and O–H groups in total. The smallest absolute Gasteiger partial charge is 0.164 e. The minimum Gasteiger partial charge on any atom is -0.313 e. The average molecular weight is 309 g/mol. The Labute approximate surface area is 114 Å². The Hall–Kier alpha value is -0.420. The van der Waals surface area contributed by atoms with Crippen LogP contribution in [0, 0.1) is 0 Å². The number of anilines is 1. The Morgan fingerprint density at radius 3 is 3.06 bits per heavy atom. The van der Waals surface area contributed by atoms with Crippen molar-refractivity contribution in [3.8, 4) is 0 Å². The van der Waals surface area contributed by atoms with Gasteiger partial charge in [-0.25, -0.2) is 14.3 Å². The summed E-state index contributed by atoms with van der Waals surface area (Å²) in [4.78, 5) is 1.92. The van der Waals surface area contributed by atoms with E-state index in [1.165, 1.54) is 17.8 Å². The first-order valence-corrected chi connectivity index (χ1v) is 9.19. The number of nitrogen functional groups attached to an aromatic ring is 1. The molecule has 1 aliphatic rings. The SMILES string of the molecule is CS(=O)(=O)C1CSCCN1Cc1nnsc1NN. The second-order valence-electron chi connectivity index (χ2n) is 4.02. The summed E-state index contributed by atoms with van der Waals surface area (Å²) in [5, 5.41) is 4.21. The van der Waals surface area contributed by atoms with Crippen molar-refractivity contribution in [2.75, 3.05) is 29.7 Å². The second kappa shape index (κ2) is 5.70. The Kier molecular flexibility index (Phi) is 4.43. The number of nitrogens with one attached hydrogen (secondary N) is 1. The standard InChI is InChI=1S/C8H15N5O2S3/c1-18(14,15)7-5-16-3-2-13(7)4-6-8(10-9)17-12-11-6/h7,10H,2-5,9H2,1H3. The molecule has 2 heterocycles. The molecule has 0 amide bonds. The molecule has 1 fully saturated rings. The average Bonchev–Trinajstić information content (AvgIpc) is 2.75. The zero-order chi connectivity index (χ0) is 13.2. The second-order valence-corrected chi connectivity index (χ2v) is 8.13. The third kappa shape index (κ3) is 3.12. The lowest BCUT2D eigenvalue weighted by molar-refractivity contribution is 0.259. The van der Waals surface area contributed by atoms with Crippen molar-refractivity contribution in [3.05, 3.63) is 5.69 Å². The van der Waals surface area contributed by atoms with Crippen LogP contribution in [0.1, 0.15) is 5.69 Å². The van der Waals surface area contributed by atoms with Crippen molar-refractivity contribution in [2.24, 2.45) is 5.84 Å². The fourth-order valence-electron chi connectivity index (χ4n) is 1.80. The maximum Gasteiger partial charge on any atom is 0.164 e. The van der Waals surface area contributed by atoms with E-state index in [1.807, 2.05) is 4.90 Å². The molecule has 1 saturated heterocycles. The summed E-state index contributed by atoms with van der Waals surface area (Å²) in [5.41, 5.74) is 3.23. The van der Waals surface area contributed by atoms with E-state index in [-0.39, 0.29) is 0 Å². The number of rotatable bonds is 4. The van der Waals surface area contributed by atoms with Crippen LogP contribution >= 0.6 is 23.3 Å². The maximum atomic E-state index is 11.8. The Bertz CT molecular complexity index is 503. The summed E-state index contributed by atoms with van der Waals surface area (Å²) in [6.07, 6.45) is 1.28. The molecular weight excluding hydrogens is 294 g/mol. The first-order chi connectivity index (χ1) is 8.52. The number of thioether (sulfide) groups is 1. The van der Waals surface area contributed by atoms with Gasteiger partial charge in [-0.1, -0.05) is 4.49 Å². The largest absolute Gasteiger partial charge is 0.313 e. The highest BCUT2D eigenvalue weighted by Crippen LogP contribution is 2.25. The first kappa shape index (κ1) is 14.0. The summed E-state index contributed by atoms with van der Waals surface area (Å²) < 4.78 is 27.3.